The summed E-state index contributed by atoms with van der Waals surface area (Å²) in [6.07, 6.45) is 6.12. The van der Waals surface area contributed by atoms with E-state index in [0.717, 1.165) is 64.0 Å². The molecule has 1 aromatic heterocycles. The van der Waals surface area contributed by atoms with Crippen LogP contribution in [-0.4, -0.2) is 80.8 Å². The van der Waals surface area contributed by atoms with Crippen LogP contribution in [0.1, 0.15) is 90.2 Å². The molecule has 2 aromatic rings. The molecule has 11 heteroatoms. The molecular formula is C37H55B2F2N7. The van der Waals surface area contributed by atoms with E-state index in [9.17, 15) is 5.41 Å². The molecule has 0 aliphatic carbocycles. The molecule has 0 amide bonds. The van der Waals surface area contributed by atoms with Crippen molar-refractivity contribution in [1.29, 1.82) is 5.41 Å². The van der Waals surface area contributed by atoms with Crippen LogP contribution in [0.25, 0.3) is 12.4 Å². The summed E-state index contributed by atoms with van der Waals surface area (Å²) >= 11 is 0. The van der Waals surface area contributed by atoms with Crippen molar-refractivity contribution in [3.05, 3.63) is 57.5 Å². The number of alkyl halides is 2. The van der Waals surface area contributed by atoms with E-state index in [0.29, 0.717) is 60.3 Å². The third-order valence-electron chi connectivity index (χ3n) is 11.2. The molecule has 2 fully saturated rings. The van der Waals surface area contributed by atoms with Crippen LogP contribution in [-0.2, 0) is 17.9 Å². The van der Waals surface area contributed by atoms with Gasteiger partial charge in [0.2, 0.25) is 0 Å². The molecule has 0 spiro atoms. The number of hydrogen-bond donors (Lipinski definition) is 3. The van der Waals surface area contributed by atoms with Crippen LogP contribution in [0.3, 0.4) is 0 Å². The highest BCUT2D eigenvalue weighted by atomic mass is 19.3. The predicted molar refractivity (Wildman–Crippen MR) is 194 cm³/mol. The van der Waals surface area contributed by atoms with Gasteiger partial charge in [0.1, 0.15) is 19.2 Å². The summed E-state index contributed by atoms with van der Waals surface area (Å²) in [5, 5.41) is 13.8. The Morgan fingerprint density at radius 1 is 0.938 bits per heavy atom. The summed E-state index contributed by atoms with van der Waals surface area (Å²) < 4.78 is 33.7. The lowest BCUT2D eigenvalue weighted by atomic mass is 9.72. The molecule has 6 bridgehead atoms. The summed E-state index contributed by atoms with van der Waals surface area (Å²) in [6.45, 7) is 17.8. The first-order chi connectivity index (χ1) is 22.6. The van der Waals surface area contributed by atoms with Crippen molar-refractivity contribution in [2.24, 2.45) is 11.7 Å². The minimum Gasteiger partial charge on any atom is -0.385 e. The van der Waals surface area contributed by atoms with Crippen LogP contribution in [0.2, 0.25) is 0 Å². The van der Waals surface area contributed by atoms with Gasteiger partial charge in [-0.3, -0.25) is 10.3 Å². The zero-order valence-corrected chi connectivity index (χ0v) is 29.6. The second-order valence-electron chi connectivity index (χ2n) is 15.2. The van der Waals surface area contributed by atoms with Crippen molar-refractivity contribution in [3.8, 4) is 0 Å². The number of piperidine rings is 1. The number of nitrogens with zero attached hydrogens (tertiary/aromatic N) is 4. The number of aromatic nitrogens is 1. The second kappa shape index (κ2) is 14.6. The maximum atomic E-state index is 15.9. The highest BCUT2D eigenvalue weighted by molar-refractivity contribution is 6.15. The predicted octanol–water partition coefficient (Wildman–Crippen LogP) is 3.61. The lowest BCUT2D eigenvalue weighted by molar-refractivity contribution is -0.0901. The van der Waals surface area contributed by atoms with E-state index in [1.807, 2.05) is 30.5 Å². The van der Waals surface area contributed by atoms with Crippen molar-refractivity contribution in [3.63, 3.8) is 0 Å². The molecule has 7 nitrogen and oxygen atoms in total. The molecule has 48 heavy (non-hydrogen) atoms. The van der Waals surface area contributed by atoms with Gasteiger partial charge < -0.3 is 25.4 Å². The SMILES string of the molecule is [B]C1(C)CCCCCCC([B])(C)n2c(=C)c(N3CCN(C(C)C)CC3)c/c(c2=N)=C(/N)NCc2cccc(c2)C(F)(F)C2CCN1CC2. The van der Waals surface area contributed by atoms with E-state index in [1.54, 1.807) is 12.1 Å². The third-order valence-corrected chi connectivity index (χ3v) is 11.2. The molecule has 4 aliphatic heterocycles. The van der Waals surface area contributed by atoms with E-state index >= 15 is 8.78 Å². The quantitative estimate of drug-likeness (QED) is 0.431. The van der Waals surface area contributed by atoms with Crippen LogP contribution >= 0.6 is 0 Å². The van der Waals surface area contributed by atoms with E-state index in [2.05, 4.69) is 40.4 Å². The molecule has 5 heterocycles. The van der Waals surface area contributed by atoms with Crippen molar-refractivity contribution in [1.82, 2.24) is 19.7 Å². The van der Waals surface area contributed by atoms with Crippen LogP contribution in [0.15, 0.2) is 30.3 Å². The fraction of sp³-hybridized carbons (Fsp3) is 0.649. The van der Waals surface area contributed by atoms with Gasteiger partial charge in [-0.05, 0) is 82.7 Å². The molecule has 4 aliphatic rings. The molecule has 2 atom stereocenters. The first kappa shape index (κ1) is 36.5. The number of nitrogens with two attached hydrogens (primary N) is 1. The Balaban J connectivity index is 1.53. The number of pyridine rings is 1. The number of anilines is 1. The molecule has 258 valence electrons. The largest absolute Gasteiger partial charge is 0.385 e. The van der Waals surface area contributed by atoms with Gasteiger partial charge in [0.25, 0.3) is 5.92 Å². The van der Waals surface area contributed by atoms with Gasteiger partial charge in [0.15, 0.2) is 0 Å². The number of benzene rings is 1. The van der Waals surface area contributed by atoms with Crippen molar-refractivity contribution in [2.75, 3.05) is 44.2 Å². The van der Waals surface area contributed by atoms with E-state index < -0.39 is 22.7 Å². The molecular weight excluding hydrogens is 602 g/mol. The normalized spacial score (nSPS) is 30.7. The first-order valence-corrected chi connectivity index (χ1v) is 17.9. The summed E-state index contributed by atoms with van der Waals surface area (Å²) in [6, 6.07) is 9.05. The Bertz CT molecular complexity index is 1590. The minimum absolute atomic E-state index is 0.0265. The fourth-order valence-electron chi connectivity index (χ4n) is 7.94. The van der Waals surface area contributed by atoms with E-state index in [-0.39, 0.29) is 17.6 Å². The van der Waals surface area contributed by atoms with Gasteiger partial charge in [0.05, 0.1) is 24.1 Å². The van der Waals surface area contributed by atoms with Gasteiger partial charge in [-0.2, -0.15) is 0 Å². The Kier molecular flexibility index (Phi) is 11.1. The monoisotopic (exact) mass is 657 g/mol. The third kappa shape index (κ3) is 7.83. The average Bonchev–Trinajstić information content (AvgIpc) is 3.05. The van der Waals surface area contributed by atoms with Crippen LogP contribution in [0, 0.1) is 11.3 Å². The minimum atomic E-state index is -2.96. The highest BCUT2D eigenvalue weighted by Crippen LogP contribution is 2.42. The summed E-state index contributed by atoms with van der Waals surface area (Å²) in [5.74, 6) is -3.39. The van der Waals surface area contributed by atoms with E-state index in [4.69, 9.17) is 21.4 Å². The summed E-state index contributed by atoms with van der Waals surface area (Å²) in [7, 11) is 13.8. The first-order valence-electron chi connectivity index (χ1n) is 17.9. The van der Waals surface area contributed by atoms with Gasteiger partial charge in [0, 0.05) is 55.7 Å². The Hall–Kier alpha value is -2.78. The summed E-state index contributed by atoms with van der Waals surface area (Å²) in [4.78, 5) is 6.96. The molecule has 4 radical (unpaired) electrons. The Morgan fingerprint density at radius 3 is 2.19 bits per heavy atom. The zero-order chi connectivity index (χ0) is 34.9. The number of nitrogens with one attached hydrogen (secondary N) is 2. The van der Waals surface area contributed by atoms with Crippen LogP contribution in [0.4, 0.5) is 14.5 Å². The Morgan fingerprint density at radius 2 is 1.56 bits per heavy atom. The van der Waals surface area contributed by atoms with Gasteiger partial charge >= 0.3 is 0 Å². The Labute approximate surface area is 288 Å². The van der Waals surface area contributed by atoms with Gasteiger partial charge in [-0.15, -0.1) is 0 Å². The lowest BCUT2D eigenvalue weighted by Crippen LogP contribution is -2.57. The molecule has 4 N–H and O–H groups in total. The van der Waals surface area contributed by atoms with Gasteiger partial charge in [-0.1, -0.05) is 57.4 Å². The fourth-order valence-corrected chi connectivity index (χ4v) is 7.94. The highest BCUT2D eigenvalue weighted by Gasteiger charge is 2.44. The number of fused-ring (bicyclic) bond motifs is 11. The zero-order valence-electron chi connectivity index (χ0n) is 29.6. The van der Waals surface area contributed by atoms with E-state index in [1.165, 1.54) is 6.07 Å². The van der Waals surface area contributed by atoms with Crippen LogP contribution in [0.5, 0.6) is 0 Å². The van der Waals surface area contributed by atoms with Crippen molar-refractivity contribution >= 4 is 33.8 Å². The van der Waals surface area contributed by atoms with Crippen LogP contribution < -0.4 is 32.0 Å². The molecule has 1 aromatic carbocycles. The lowest BCUT2D eigenvalue weighted by Gasteiger charge is -2.45. The molecule has 6 rings (SSSR count). The van der Waals surface area contributed by atoms with Crippen molar-refractivity contribution in [2.45, 2.75) is 108 Å². The number of hydrogen-bond acceptors (Lipinski definition) is 6. The van der Waals surface area contributed by atoms with Gasteiger partial charge in [-0.25, -0.2) is 8.78 Å². The number of rotatable bonds is 2. The molecule has 2 unspecified atom stereocenters. The molecule has 0 saturated carbocycles. The van der Waals surface area contributed by atoms with Crippen molar-refractivity contribution < 1.29 is 8.78 Å². The maximum absolute atomic E-state index is 15.9. The number of piperazine rings is 1. The second-order valence-corrected chi connectivity index (χ2v) is 15.2. The summed E-state index contributed by atoms with van der Waals surface area (Å²) in [5.41, 5.74) is 7.13. The smallest absolute Gasteiger partial charge is 0.276 e. The maximum Gasteiger partial charge on any atom is 0.276 e. The average molecular weight is 658 g/mol. The number of halogens is 2. The topological polar surface area (TPSA) is 76.5 Å². The molecule has 2 saturated heterocycles. The standard InChI is InChI=1S/C37H55B2F2N7/c1-26(2)45-19-21-46(22-20-45)32-24-31-33(42)44-25-28-11-10-12-30(23-28)37(40,41)29-13-17-47(18-14-29)35(4,38)15-8-6-7-9-16-36(5,39)48(27(32)3)34(31)43/h10-12,23-24,26,29,43-44H,3,6-9,13-22,25,42H2,1-2,4-5H3/b33-31+,43-34?.